The zero-order chi connectivity index (χ0) is 20.1. The zero-order valence-corrected chi connectivity index (χ0v) is 16.6. The van der Waals surface area contributed by atoms with E-state index in [1.807, 2.05) is 18.2 Å². The lowest BCUT2D eigenvalue weighted by Crippen LogP contribution is -2.49. The van der Waals surface area contributed by atoms with Crippen LogP contribution < -0.4 is 5.32 Å². The van der Waals surface area contributed by atoms with Gasteiger partial charge in [-0.3, -0.25) is 14.6 Å². The van der Waals surface area contributed by atoms with Crippen LogP contribution in [0.5, 0.6) is 0 Å². The summed E-state index contributed by atoms with van der Waals surface area (Å²) in [6.07, 6.45) is 0. The fourth-order valence-corrected chi connectivity index (χ4v) is 3.63. The molecule has 4 nitrogen and oxygen atoms in total. The second-order valence-corrected chi connectivity index (χ2v) is 7.57. The fraction of sp³-hybridized carbons (Fsp3) is 0.381. The number of nitrogens with zero attached hydrogens (tertiary/aromatic N) is 2. The van der Waals surface area contributed by atoms with E-state index in [1.165, 1.54) is 17.7 Å². The van der Waals surface area contributed by atoms with Crippen molar-refractivity contribution in [2.24, 2.45) is 0 Å². The number of piperazine rings is 1. The molecule has 0 bridgehead atoms. The molecule has 2 aromatic rings. The number of carbonyl (C=O) groups excluding carboxylic acids is 1. The molecular weight excluding hydrogens is 384 g/mol. The van der Waals surface area contributed by atoms with Crippen LogP contribution in [0.4, 0.5) is 8.78 Å². The van der Waals surface area contributed by atoms with Crippen molar-refractivity contribution in [3.8, 4) is 0 Å². The molecule has 0 unspecified atom stereocenters. The van der Waals surface area contributed by atoms with Gasteiger partial charge in [0.05, 0.1) is 12.6 Å². The summed E-state index contributed by atoms with van der Waals surface area (Å²) in [5.74, 6) is -1.45. The summed E-state index contributed by atoms with van der Waals surface area (Å²) < 4.78 is 26.9. The van der Waals surface area contributed by atoms with E-state index in [2.05, 4.69) is 21.2 Å². The summed E-state index contributed by atoms with van der Waals surface area (Å²) in [5, 5.41) is 3.53. The molecule has 1 aliphatic heterocycles. The molecule has 1 fully saturated rings. The normalized spacial score (nSPS) is 16.7. The first-order valence-electron chi connectivity index (χ1n) is 9.34. The van der Waals surface area contributed by atoms with E-state index in [-0.39, 0.29) is 18.0 Å². The lowest BCUT2D eigenvalue weighted by Gasteiger charge is -2.34. The van der Waals surface area contributed by atoms with E-state index in [0.717, 1.165) is 43.8 Å². The van der Waals surface area contributed by atoms with Gasteiger partial charge in [-0.2, -0.15) is 0 Å². The third-order valence-corrected chi connectivity index (χ3v) is 5.17. The van der Waals surface area contributed by atoms with E-state index >= 15 is 0 Å². The number of benzene rings is 2. The van der Waals surface area contributed by atoms with Crippen molar-refractivity contribution in [3.63, 3.8) is 0 Å². The van der Waals surface area contributed by atoms with Crippen LogP contribution in [-0.4, -0.2) is 48.4 Å². The smallest absolute Gasteiger partial charge is 0.234 e. The maximum Gasteiger partial charge on any atom is 0.234 e. The number of carbonyl (C=O) groups is 1. The number of hydrogen-bond donors (Lipinski definition) is 1. The molecule has 28 heavy (non-hydrogen) atoms. The number of rotatable bonds is 6. The molecule has 0 spiro atoms. The maximum absolute atomic E-state index is 13.8. The third kappa shape index (κ3) is 5.74. The highest BCUT2D eigenvalue weighted by Gasteiger charge is 2.21. The van der Waals surface area contributed by atoms with E-state index < -0.39 is 17.7 Å². The molecule has 1 saturated heterocycles. The fourth-order valence-electron chi connectivity index (χ4n) is 3.42. The molecule has 1 atom stereocenters. The van der Waals surface area contributed by atoms with Crippen molar-refractivity contribution < 1.29 is 13.6 Å². The highest BCUT2D eigenvalue weighted by molar-refractivity contribution is 6.30. The van der Waals surface area contributed by atoms with Crippen molar-refractivity contribution in [1.82, 2.24) is 15.1 Å². The van der Waals surface area contributed by atoms with Crippen LogP contribution in [-0.2, 0) is 11.3 Å². The average Bonchev–Trinajstić information content (AvgIpc) is 2.63. The van der Waals surface area contributed by atoms with E-state index in [1.54, 1.807) is 6.92 Å². The first kappa shape index (κ1) is 20.7. The topological polar surface area (TPSA) is 35.6 Å². The Morgan fingerprint density at radius 1 is 1.11 bits per heavy atom. The molecule has 1 heterocycles. The number of amides is 1. The standard InChI is InChI=1S/C21H24ClF2N3O/c1-15(19-6-5-18(23)12-20(19)24)25-21(28)14-27-9-7-26(8-10-27)13-16-3-2-4-17(22)11-16/h2-6,11-12,15H,7-10,13-14H2,1H3,(H,25,28)/t15-/m0/s1. The molecule has 150 valence electrons. The molecule has 3 rings (SSSR count). The molecule has 2 aromatic carbocycles. The van der Waals surface area contributed by atoms with Crippen LogP contribution in [0.1, 0.15) is 24.1 Å². The van der Waals surface area contributed by atoms with Crippen molar-refractivity contribution in [1.29, 1.82) is 0 Å². The summed E-state index contributed by atoms with van der Waals surface area (Å²) in [7, 11) is 0. The minimum absolute atomic E-state index is 0.167. The Hall–Kier alpha value is -2.02. The Bertz CT molecular complexity index is 825. The van der Waals surface area contributed by atoms with Gasteiger partial charge < -0.3 is 5.32 Å². The Morgan fingerprint density at radius 2 is 1.82 bits per heavy atom. The second-order valence-electron chi connectivity index (χ2n) is 7.14. The predicted molar refractivity (Wildman–Crippen MR) is 106 cm³/mol. The largest absolute Gasteiger partial charge is 0.348 e. The highest BCUT2D eigenvalue weighted by atomic mass is 35.5. The van der Waals surface area contributed by atoms with E-state index in [0.29, 0.717) is 0 Å². The number of nitrogens with one attached hydrogen (secondary N) is 1. The SMILES string of the molecule is C[C@H](NC(=O)CN1CCN(Cc2cccc(Cl)c2)CC1)c1ccc(F)cc1F. The van der Waals surface area contributed by atoms with Crippen molar-refractivity contribution in [3.05, 3.63) is 70.2 Å². The second kappa shape index (κ2) is 9.45. The zero-order valence-electron chi connectivity index (χ0n) is 15.8. The molecule has 0 aromatic heterocycles. The maximum atomic E-state index is 13.8. The Kier molecular flexibility index (Phi) is 6.99. The number of hydrogen-bond acceptors (Lipinski definition) is 3. The lowest BCUT2D eigenvalue weighted by atomic mass is 10.1. The van der Waals surface area contributed by atoms with Gasteiger partial charge in [0.15, 0.2) is 0 Å². The molecule has 7 heteroatoms. The van der Waals surface area contributed by atoms with Crippen LogP contribution in [0, 0.1) is 11.6 Å². The molecular formula is C21H24ClF2N3O. The van der Waals surface area contributed by atoms with Gasteiger partial charge in [0.2, 0.25) is 5.91 Å². The lowest BCUT2D eigenvalue weighted by molar-refractivity contribution is -0.123. The van der Waals surface area contributed by atoms with Crippen molar-refractivity contribution >= 4 is 17.5 Å². The van der Waals surface area contributed by atoms with Crippen molar-refractivity contribution in [2.45, 2.75) is 19.5 Å². The Labute approximate surface area is 169 Å². The first-order valence-corrected chi connectivity index (χ1v) is 9.72. The summed E-state index contributed by atoms with van der Waals surface area (Å²) >= 11 is 6.03. The average molecular weight is 408 g/mol. The quantitative estimate of drug-likeness (QED) is 0.794. The number of halogens is 3. The van der Waals surface area contributed by atoms with E-state index in [4.69, 9.17) is 11.6 Å². The highest BCUT2D eigenvalue weighted by Crippen LogP contribution is 2.18. The molecule has 1 amide bonds. The van der Waals surface area contributed by atoms with Crippen molar-refractivity contribution in [2.75, 3.05) is 32.7 Å². The Morgan fingerprint density at radius 3 is 2.50 bits per heavy atom. The summed E-state index contributed by atoms with van der Waals surface area (Å²) in [5.41, 5.74) is 1.45. The minimum atomic E-state index is -0.651. The first-order chi connectivity index (χ1) is 13.4. The van der Waals surface area contributed by atoms with Crippen LogP contribution in [0.3, 0.4) is 0 Å². The predicted octanol–water partition coefficient (Wildman–Crippen LogP) is 3.61. The molecule has 1 N–H and O–H groups in total. The van der Waals surface area contributed by atoms with Gasteiger partial charge in [0.25, 0.3) is 0 Å². The van der Waals surface area contributed by atoms with Gasteiger partial charge in [-0.25, -0.2) is 8.78 Å². The summed E-state index contributed by atoms with van der Waals surface area (Å²) in [6, 6.07) is 10.7. The molecule has 0 radical (unpaired) electrons. The van der Waals surface area contributed by atoms with E-state index in [9.17, 15) is 13.6 Å². The van der Waals surface area contributed by atoms with Gasteiger partial charge in [-0.15, -0.1) is 0 Å². The van der Waals surface area contributed by atoms with Crippen LogP contribution in [0.15, 0.2) is 42.5 Å². The summed E-state index contributed by atoms with van der Waals surface area (Å²) in [4.78, 5) is 16.7. The van der Waals surface area contributed by atoms with Gasteiger partial charge >= 0.3 is 0 Å². The van der Waals surface area contributed by atoms with Gasteiger partial charge in [0, 0.05) is 49.4 Å². The minimum Gasteiger partial charge on any atom is -0.348 e. The third-order valence-electron chi connectivity index (χ3n) is 4.93. The van der Waals surface area contributed by atoms with Gasteiger partial charge in [0.1, 0.15) is 11.6 Å². The molecule has 0 aliphatic carbocycles. The molecule has 0 saturated carbocycles. The van der Waals surface area contributed by atoms with Crippen LogP contribution >= 0.6 is 11.6 Å². The van der Waals surface area contributed by atoms with Gasteiger partial charge in [-0.1, -0.05) is 29.8 Å². The summed E-state index contributed by atoms with van der Waals surface area (Å²) in [6.45, 7) is 6.08. The van der Waals surface area contributed by atoms with Gasteiger partial charge in [-0.05, 0) is 30.7 Å². The van der Waals surface area contributed by atoms with Crippen LogP contribution in [0.25, 0.3) is 0 Å². The van der Waals surface area contributed by atoms with Crippen LogP contribution in [0.2, 0.25) is 5.02 Å². The Balaban J connectivity index is 1.44. The molecule has 1 aliphatic rings. The monoisotopic (exact) mass is 407 g/mol.